The van der Waals surface area contributed by atoms with Gasteiger partial charge in [0.15, 0.2) is 5.65 Å². The number of nitrogens with zero attached hydrogens (tertiary/aromatic N) is 3. The van der Waals surface area contributed by atoms with E-state index in [0.717, 1.165) is 27.5 Å². The summed E-state index contributed by atoms with van der Waals surface area (Å²) in [5.74, 6) is -3.24. The van der Waals surface area contributed by atoms with Crippen LogP contribution in [0.4, 0.5) is 0 Å². The Morgan fingerprint density at radius 2 is 1.63 bits per heavy atom. The zero-order chi connectivity index (χ0) is 21.3. The van der Waals surface area contributed by atoms with Crippen molar-refractivity contribution in [2.45, 2.75) is 25.4 Å². The van der Waals surface area contributed by atoms with Crippen LogP contribution in [0.25, 0.3) is 33.1 Å². The van der Waals surface area contributed by atoms with Gasteiger partial charge in [0.2, 0.25) is 5.91 Å². The Kier molecular flexibility index (Phi) is 5.01. The minimum absolute atomic E-state index is 0.0360. The summed E-state index contributed by atoms with van der Waals surface area (Å²) in [6.07, 6.45) is -0.723. The van der Waals surface area contributed by atoms with Crippen molar-refractivity contribution in [1.82, 2.24) is 19.9 Å². The lowest BCUT2D eigenvalue weighted by Crippen LogP contribution is -2.42. The van der Waals surface area contributed by atoms with Gasteiger partial charge in [0.25, 0.3) is 0 Å². The van der Waals surface area contributed by atoms with E-state index in [1.165, 1.54) is 0 Å². The van der Waals surface area contributed by atoms with Crippen molar-refractivity contribution in [3.63, 3.8) is 0 Å². The number of carbonyl (C=O) groups is 3. The van der Waals surface area contributed by atoms with Gasteiger partial charge in [-0.25, -0.2) is 14.8 Å². The molecule has 0 radical (unpaired) electrons. The molecule has 152 valence electrons. The lowest BCUT2D eigenvalue weighted by Gasteiger charge is -2.13. The van der Waals surface area contributed by atoms with Gasteiger partial charge < -0.3 is 20.1 Å². The molecule has 2 heterocycles. The van der Waals surface area contributed by atoms with Crippen molar-refractivity contribution < 1.29 is 24.6 Å². The molecule has 9 heteroatoms. The number of nitrogens with one attached hydrogen (secondary N) is 1. The monoisotopic (exact) mass is 406 g/mol. The largest absolute Gasteiger partial charge is 0.481 e. The first-order valence-corrected chi connectivity index (χ1v) is 9.31. The average Bonchev–Trinajstić information content (AvgIpc) is 3.02. The third-order valence-corrected chi connectivity index (χ3v) is 4.83. The van der Waals surface area contributed by atoms with Crippen molar-refractivity contribution in [1.29, 1.82) is 0 Å². The van der Waals surface area contributed by atoms with E-state index >= 15 is 0 Å². The van der Waals surface area contributed by atoms with Crippen molar-refractivity contribution in [3.05, 3.63) is 48.5 Å². The van der Waals surface area contributed by atoms with Crippen molar-refractivity contribution in [2.75, 3.05) is 0 Å². The van der Waals surface area contributed by atoms with Gasteiger partial charge in [-0.15, -0.1) is 0 Å². The molecular formula is C21H18N4O5. The minimum Gasteiger partial charge on any atom is -0.481 e. The predicted octanol–water partition coefficient (Wildman–Crippen LogP) is 2.17. The van der Waals surface area contributed by atoms with Crippen LogP contribution in [0.1, 0.15) is 12.8 Å². The van der Waals surface area contributed by atoms with Gasteiger partial charge in [-0.3, -0.25) is 9.59 Å². The molecule has 4 rings (SSSR count). The number of fused-ring (bicyclic) bond motifs is 4. The number of hydrogen-bond donors (Lipinski definition) is 3. The number of hydrogen-bond acceptors (Lipinski definition) is 5. The van der Waals surface area contributed by atoms with Gasteiger partial charge in [-0.1, -0.05) is 30.3 Å². The molecule has 0 spiro atoms. The van der Waals surface area contributed by atoms with E-state index in [2.05, 4.69) is 5.32 Å². The van der Waals surface area contributed by atoms with Crippen molar-refractivity contribution in [3.8, 4) is 0 Å². The number of carboxylic acid groups (broad SMARTS) is 2. The van der Waals surface area contributed by atoms with E-state index in [1.807, 2.05) is 53.1 Å². The summed E-state index contributed by atoms with van der Waals surface area (Å²) in [7, 11) is 0. The first-order chi connectivity index (χ1) is 14.4. The van der Waals surface area contributed by atoms with Crippen LogP contribution in [-0.4, -0.2) is 48.6 Å². The standard InChI is InChI=1S/C21H18N4O5/c26-17(22-15(21(29)30)11-18(27)28)9-10-25-16-8-4-1-5-12(16)19-20(25)24-14-7-3-2-6-13(14)23-19/h1-8,15H,9-11H2,(H,22,26)(H,27,28)(H,29,30). The fraction of sp³-hybridized carbons (Fsp3) is 0.190. The van der Waals surface area contributed by atoms with E-state index in [-0.39, 0.29) is 13.0 Å². The Bertz CT molecular complexity index is 1300. The summed E-state index contributed by atoms with van der Waals surface area (Å²) >= 11 is 0. The summed E-state index contributed by atoms with van der Waals surface area (Å²) in [5, 5.41) is 21.1. The lowest BCUT2D eigenvalue weighted by atomic mass is 10.2. The molecule has 1 atom stereocenters. The normalized spacial score (nSPS) is 12.3. The fourth-order valence-electron chi connectivity index (χ4n) is 3.46. The number of aromatic nitrogens is 3. The van der Waals surface area contributed by atoms with Crippen LogP contribution in [-0.2, 0) is 20.9 Å². The van der Waals surface area contributed by atoms with Crippen molar-refractivity contribution >= 4 is 50.9 Å². The third-order valence-electron chi connectivity index (χ3n) is 4.83. The molecule has 0 aliphatic carbocycles. The number of aryl methyl sites for hydroxylation is 1. The highest BCUT2D eigenvalue weighted by Gasteiger charge is 2.23. The van der Waals surface area contributed by atoms with E-state index < -0.39 is 30.3 Å². The summed E-state index contributed by atoms with van der Waals surface area (Å²) < 4.78 is 1.87. The number of rotatable bonds is 7. The molecule has 1 amide bonds. The van der Waals surface area contributed by atoms with Crippen LogP contribution >= 0.6 is 0 Å². The predicted molar refractivity (Wildman–Crippen MR) is 109 cm³/mol. The molecule has 0 saturated carbocycles. The van der Waals surface area contributed by atoms with Gasteiger partial charge in [0.1, 0.15) is 11.6 Å². The summed E-state index contributed by atoms with van der Waals surface area (Å²) in [5.41, 5.74) is 3.70. The average molecular weight is 406 g/mol. The van der Waals surface area contributed by atoms with Crippen LogP contribution in [0, 0.1) is 0 Å². The van der Waals surface area contributed by atoms with E-state index in [4.69, 9.17) is 20.2 Å². The molecule has 30 heavy (non-hydrogen) atoms. The van der Waals surface area contributed by atoms with Gasteiger partial charge >= 0.3 is 11.9 Å². The highest BCUT2D eigenvalue weighted by Crippen LogP contribution is 2.28. The zero-order valence-electron chi connectivity index (χ0n) is 15.8. The number of carboxylic acids is 2. The molecule has 2 aromatic carbocycles. The Balaban J connectivity index is 1.66. The number of para-hydroxylation sites is 3. The first-order valence-electron chi connectivity index (χ1n) is 9.31. The Hall–Kier alpha value is -4.01. The topological polar surface area (TPSA) is 134 Å². The van der Waals surface area contributed by atoms with Crippen LogP contribution in [0.15, 0.2) is 48.5 Å². The third kappa shape index (κ3) is 3.64. The molecule has 4 aromatic rings. The number of amides is 1. The molecular weight excluding hydrogens is 388 g/mol. The highest BCUT2D eigenvalue weighted by molar-refractivity contribution is 6.06. The van der Waals surface area contributed by atoms with Crippen molar-refractivity contribution in [2.24, 2.45) is 0 Å². The van der Waals surface area contributed by atoms with E-state index in [0.29, 0.717) is 5.65 Å². The minimum atomic E-state index is -1.48. The molecule has 0 aliphatic rings. The van der Waals surface area contributed by atoms with Gasteiger partial charge in [-0.05, 0) is 18.2 Å². The van der Waals surface area contributed by atoms with E-state index in [1.54, 1.807) is 0 Å². The Labute approximate surface area is 170 Å². The van der Waals surface area contributed by atoms with Gasteiger partial charge in [0.05, 0.1) is 23.0 Å². The molecule has 0 bridgehead atoms. The number of carbonyl (C=O) groups excluding carboxylic acids is 1. The van der Waals surface area contributed by atoms with Crippen LogP contribution in [0.2, 0.25) is 0 Å². The van der Waals surface area contributed by atoms with Gasteiger partial charge in [0, 0.05) is 18.4 Å². The maximum absolute atomic E-state index is 12.3. The zero-order valence-corrected chi connectivity index (χ0v) is 15.8. The second-order valence-electron chi connectivity index (χ2n) is 6.86. The molecule has 0 aliphatic heterocycles. The lowest BCUT2D eigenvalue weighted by molar-refractivity contribution is -0.147. The summed E-state index contributed by atoms with van der Waals surface area (Å²) in [6.45, 7) is 0.238. The molecule has 3 N–H and O–H groups in total. The molecule has 9 nitrogen and oxygen atoms in total. The van der Waals surface area contributed by atoms with E-state index in [9.17, 15) is 14.4 Å². The molecule has 0 saturated heterocycles. The maximum atomic E-state index is 12.3. The van der Waals surface area contributed by atoms with Gasteiger partial charge in [-0.2, -0.15) is 0 Å². The SMILES string of the molecule is O=C(O)CC(NC(=O)CCn1c2ccccc2c2nc3ccccc3nc21)C(=O)O. The van der Waals surface area contributed by atoms with Crippen LogP contribution in [0.3, 0.4) is 0 Å². The Morgan fingerprint density at radius 3 is 2.33 bits per heavy atom. The quantitative estimate of drug-likeness (QED) is 0.428. The molecule has 0 fully saturated rings. The van der Waals surface area contributed by atoms with Crippen LogP contribution < -0.4 is 5.32 Å². The summed E-state index contributed by atoms with van der Waals surface area (Å²) in [4.78, 5) is 43.7. The first kappa shape index (κ1) is 19.3. The summed E-state index contributed by atoms with van der Waals surface area (Å²) in [6, 6.07) is 13.7. The highest BCUT2D eigenvalue weighted by atomic mass is 16.4. The fourth-order valence-corrected chi connectivity index (χ4v) is 3.46. The number of aliphatic carboxylic acids is 2. The maximum Gasteiger partial charge on any atom is 0.326 e. The molecule has 2 aromatic heterocycles. The number of benzene rings is 2. The molecule has 1 unspecified atom stereocenters. The second kappa shape index (κ2) is 7.78. The second-order valence-corrected chi connectivity index (χ2v) is 6.86. The van der Waals surface area contributed by atoms with Crippen LogP contribution in [0.5, 0.6) is 0 Å². The smallest absolute Gasteiger partial charge is 0.326 e. The Morgan fingerprint density at radius 1 is 0.967 bits per heavy atom.